The van der Waals surface area contributed by atoms with E-state index in [1.165, 1.54) is 135 Å². The Balaban J connectivity index is 3.75. The fourth-order valence-electron chi connectivity index (χ4n) is 5.18. The van der Waals surface area contributed by atoms with Crippen molar-refractivity contribution >= 4 is 5.91 Å². The minimum absolute atomic E-state index is 0.0852. The third-order valence-corrected chi connectivity index (χ3v) is 7.83. The van der Waals surface area contributed by atoms with Crippen molar-refractivity contribution in [3.63, 3.8) is 0 Å². The third-order valence-electron chi connectivity index (χ3n) is 7.83. The molecule has 0 fully saturated rings. The zero-order chi connectivity index (χ0) is 28.7. The molecule has 39 heavy (non-hydrogen) atoms. The van der Waals surface area contributed by atoms with Crippen molar-refractivity contribution in [1.29, 1.82) is 0 Å². The largest absolute Gasteiger partial charge is 0.387 e. The number of rotatable bonds is 31. The summed E-state index contributed by atoms with van der Waals surface area (Å²) in [5.74, 6) is -0.0852. The van der Waals surface area contributed by atoms with Crippen molar-refractivity contribution < 1.29 is 20.0 Å². The maximum absolute atomic E-state index is 12.3. The van der Waals surface area contributed by atoms with Crippen LogP contribution in [0.4, 0.5) is 0 Å². The molecule has 2 unspecified atom stereocenters. The van der Waals surface area contributed by atoms with Gasteiger partial charge in [-0.05, 0) is 19.3 Å². The molecule has 0 saturated heterocycles. The van der Waals surface area contributed by atoms with Crippen molar-refractivity contribution in [2.24, 2.45) is 0 Å². The number of amides is 1. The highest BCUT2D eigenvalue weighted by Gasteiger charge is 2.19. The summed E-state index contributed by atoms with van der Waals surface area (Å²) in [7, 11) is 0. The molecule has 232 valence electrons. The Morgan fingerprint density at radius 1 is 0.641 bits per heavy atom. The Labute approximate surface area is 242 Å². The molecule has 0 spiro atoms. The van der Waals surface area contributed by atoms with Gasteiger partial charge in [0.05, 0.1) is 12.1 Å². The molecule has 0 heterocycles. The summed E-state index contributed by atoms with van der Waals surface area (Å²) in [5.41, 5.74) is 0. The lowest BCUT2D eigenvalue weighted by atomic mass is 10.0. The van der Waals surface area contributed by atoms with E-state index in [1.807, 2.05) is 6.08 Å². The van der Waals surface area contributed by atoms with E-state index in [1.54, 1.807) is 6.08 Å². The number of aliphatic hydroxyl groups is 1. The Morgan fingerprint density at radius 3 is 1.44 bits per heavy atom. The van der Waals surface area contributed by atoms with Gasteiger partial charge in [0.2, 0.25) is 5.91 Å². The number of carbonyl (C=O) groups is 1. The van der Waals surface area contributed by atoms with Gasteiger partial charge in [-0.3, -0.25) is 10.1 Å². The van der Waals surface area contributed by atoms with Crippen LogP contribution in [0.15, 0.2) is 12.2 Å². The predicted octanol–water partition coefficient (Wildman–Crippen LogP) is 10.1. The molecule has 0 aliphatic carbocycles. The molecule has 0 aliphatic rings. The van der Waals surface area contributed by atoms with Crippen molar-refractivity contribution in [2.75, 3.05) is 6.61 Å². The zero-order valence-corrected chi connectivity index (χ0v) is 26.1. The first-order valence-electron chi connectivity index (χ1n) is 17.1. The van der Waals surface area contributed by atoms with Crippen molar-refractivity contribution in [3.8, 4) is 0 Å². The van der Waals surface area contributed by atoms with Crippen LogP contribution in [0.1, 0.15) is 181 Å². The van der Waals surface area contributed by atoms with E-state index in [0.717, 1.165) is 25.7 Å². The lowest BCUT2D eigenvalue weighted by molar-refractivity contribution is -0.249. The molecule has 5 nitrogen and oxygen atoms in total. The van der Waals surface area contributed by atoms with Gasteiger partial charge in [0.1, 0.15) is 6.61 Å². The molecule has 3 N–H and O–H groups in total. The molecular formula is C34H67NO4. The molecule has 1 amide bonds. The second-order valence-corrected chi connectivity index (χ2v) is 11.7. The summed E-state index contributed by atoms with van der Waals surface area (Å²) < 4.78 is 0. The number of unbranched alkanes of at least 4 members (excludes halogenated alkanes) is 23. The topological polar surface area (TPSA) is 78.8 Å². The Hall–Kier alpha value is -0.910. The third kappa shape index (κ3) is 28.4. The first-order valence-corrected chi connectivity index (χ1v) is 17.1. The van der Waals surface area contributed by atoms with Crippen molar-refractivity contribution in [3.05, 3.63) is 12.2 Å². The first kappa shape index (κ1) is 38.1. The van der Waals surface area contributed by atoms with E-state index < -0.39 is 12.1 Å². The molecule has 0 saturated carbocycles. The minimum Gasteiger partial charge on any atom is -0.387 e. The van der Waals surface area contributed by atoms with Gasteiger partial charge in [0, 0.05) is 6.42 Å². The quantitative estimate of drug-likeness (QED) is 0.0345. The number of carbonyl (C=O) groups excluding carboxylic acids is 1. The normalized spacial score (nSPS) is 13.2. The van der Waals surface area contributed by atoms with E-state index in [9.17, 15) is 9.90 Å². The monoisotopic (exact) mass is 554 g/mol. The molecule has 5 heteroatoms. The fourth-order valence-corrected chi connectivity index (χ4v) is 5.18. The van der Waals surface area contributed by atoms with E-state index in [4.69, 9.17) is 5.26 Å². The predicted molar refractivity (Wildman–Crippen MR) is 167 cm³/mol. The fraction of sp³-hybridized carbons (Fsp3) is 0.912. The van der Waals surface area contributed by atoms with Crippen LogP contribution in [0.3, 0.4) is 0 Å². The Kier molecular flexibility index (Phi) is 30.9. The molecule has 0 aromatic carbocycles. The van der Waals surface area contributed by atoms with Gasteiger partial charge < -0.3 is 10.4 Å². The maximum Gasteiger partial charge on any atom is 0.220 e. The SMILES string of the molecule is CCCCCCCCCCCCCC=CC(O)C(COO)NC(=O)CCCCCCCCCCCCCCC. The van der Waals surface area contributed by atoms with Gasteiger partial charge in [-0.2, -0.15) is 0 Å². The minimum atomic E-state index is -0.861. The van der Waals surface area contributed by atoms with E-state index in [2.05, 4.69) is 24.1 Å². The summed E-state index contributed by atoms with van der Waals surface area (Å²) in [4.78, 5) is 16.6. The van der Waals surface area contributed by atoms with Crippen LogP contribution in [-0.4, -0.2) is 35.0 Å². The van der Waals surface area contributed by atoms with Crippen LogP contribution in [0, 0.1) is 0 Å². The van der Waals surface area contributed by atoms with E-state index >= 15 is 0 Å². The summed E-state index contributed by atoms with van der Waals surface area (Å²) >= 11 is 0. The van der Waals surface area contributed by atoms with Crippen molar-refractivity contribution in [2.45, 2.75) is 193 Å². The second kappa shape index (κ2) is 31.6. The molecular weight excluding hydrogens is 486 g/mol. The molecule has 0 aromatic rings. The number of hydrogen-bond acceptors (Lipinski definition) is 4. The van der Waals surface area contributed by atoms with Crippen molar-refractivity contribution in [1.82, 2.24) is 5.32 Å². The highest BCUT2D eigenvalue weighted by atomic mass is 17.1. The Bertz CT molecular complexity index is 525. The van der Waals surface area contributed by atoms with Gasteiger partial charge in [0.15, 0.2) is 0 Å². The highest BCUT2D eigenvalue weighted by molar-refractivity contribution is 5.76. The lowest BCUT2D eigenvalue weighted by Gasteiger charge is -2.20. The summed E-state index contributed by atoms with van der Waals surface area (Å²) in [6.07, 6.45) is 35.4. The molecule has 0 aliphatic heterocycles. The molecule has 0 bridgehead atoms. The Morgan fingerprint density at radius 2 is 1.03 bits per heavy atom. The van der Waals surface area contributed by atoms with Gasteiger partial charge >= 0.3 is 0 Å². The van der Waals surface area contributed by atoms with Crippen LogP contribution in [-0.2, 0) is 9.68 Å². The van der Waals surface area contributed by atoms with Crippen LogP contribution in [0.25, 0.3) is 0 Å². The van der Waals surface area contributed by atoms with E-state index in [0.29, 0.717) is 6.42 Å². The van der Waals surface area contributed by atoms with Crippen LogP contribution in [0.5, 0.6) is 0 Å². The highest BCUT2D eigenvalue weighted by Crippen LogP contribution is 2.14. The maximum atomic E-state index is 12.3. The van der Waals surface area contributed by atoms with Gasteiger partial charge in [-0.15, -0.1) is 0 Å². The summed E-state index contributed by atoms with van der Waals surface area (Å²) in [6.45, 7) is 4.41. The number of allylic oxidation sites excluding steroid dienone is 1. The van der Waals surface area contributed by atoms with Crippen LogP contribution in [0.2, 0.25) is 0 Å². The first-order chi connectivity index (χ1) is 19.2. The van der Waals surface area contributed by atoms with Gasteiger partial charge in [-0.25, -0.2) is 4.89 Å². The average Bonchev–Trinajstić information content (AvgIpc) is 2.93. The number of hydrogen-bond donors (Lipinski definition) is 3. The smallest absolute Gasteiger partial charge is 0.220 e. The molecule has 0 radical (unpaired) electrons. The summed E-state index contributed by atoms with van der Waals surface area (Å²) in [5, 5.41) is 22.2. The number of aliphatic hydroxyl groups excluding tert-OH is 1. The average molecular weight is 554 g/mol. The molecule has 2 atom stereocenters. The molecule has 0 rings (SSSR count). The lowest BCUT2D eigenvalue weighted by Crippen LogP contribution is -2.45. The van der Waals surface area contributed by atoms with Gasteiger partial charge in [0.25, 0.3) is 0 Å². The van der Waals surface area contributed by atoms with E-state index in [-0.39, 0.29) is 12.5 Å². The molecule has 0 aromatic heterocycles. The standard InChI is InChI=1S/C34H67NO4/c1-3-5-7-9-11-13-15-17-19-21-23-25-27-29-33(36)32(31-39-38)35-34(37)30-28-26-24-22-20-18-16-14-12-10-8-6-4-2/h27,29,32-33,36,38H,3-26,28,30-31H2,1-2H3,(H,35,37). The van der Waals surface area contributed by atoms with Crippen LogP contribution >= 0.6 is 0 Å². The summed E-state index contributed by atoms with van der Waals surface area (Å²) in [6, 6.07) is -0.627. The number of nitrogens with one attached hydrogen (secondary N) is 1. The van der Waals surface area contributed by atoms with Gasteiger partial charge in [-0.1, -0.05) is 167 Å². The second-order valence-electron chi connectivity index (χ2n) is 11.7. The van der Waals surface area contributed by atoms with Crippen LogP contribution < -0.4 is 5.32 Å². The zero-order valence-electron chi connectivity index (χ0n) is 26.1.